The molecule has 0 saturated carbocycles. The number of nitrogens with zero attached hydrogens (tertiary/aromatic N) is 5. The van der Waals surface area contributed by atoms with Gasteiger partial charge in [0, 0.05) is 54.6 Å². The molecule has 0 bridgehead atoms. The highest BCUT2D eigenvalue weighted by atomic mass is 15.3. The maximum absolute atomic E-state index is 4.69. The zero-order valence-corrected chi connectivity index (χ0v) is 14.5. The molecule has 3 rings (SSSR count). The zero-order chi connectivity index (χ0) is 17.1. The monoisotopic (exact) mass is 322 g/mol. The van der Waals surface area contributed by atoms with E-state index in [1.165, 1.54) is 5.56 Å². The molecule has 0 aliphatic rings. The highest BCUT2D eigenvalue weighted by Crippen LogP contribution is 2.22. The lowest BCUT2D eigenvalue weighted by molar-refractivity contribution is 0.746. The minimum atomic E-state index is 0.690. The van der Waals surface area contributed by atoms with Crippen LogP contribution < -0.4 is 5.32 Å². The van der Waals surface area contributed by atoms with Crippen molar-refractivity contribution in [1.29, 1.82) is 0 Å². The van der Waals surface area contributed by atoms with Crippen LogP contribution >= 0.6 is 0 Å². The summed E-state index contributed by atoms with van der Waals surface area (Å²) >= 11 is 0. The van der Waals surface area contributed by atoms with Crippen molar-refractivity contribution in [3.63, 3.8) is 0 Å². The number of aromatic nitrogens is 5. The molecule has 3 aromatic rings. The van der Waals surface area contributed by atoms with Gasteiger partial charge in [0.1, 0.15) is 5.82 Å². The highest BCUT2D eigenvalue weighted by Gasteiger charge is 2.11. The molecule has 0 saturated heterocycles. The van der Waals surface area contributed by atoms with Gasteiger partial charge in [0.25, 0.3) is 0 Å². The average molecular weight is 322 g/mol. The fraction of sp³-hybridized carbons (Fsp3) is 0.333. The summed E-state index contributed by atoms with van der Waals surface area (Å²) in [5, 5.41) is 7.93. The molecule has 124 valence electrons. The Kier molecular flexibility index (Phi) is 4.55. The van der Waals surface area contributed by atoms with Crippen molar-refractivity contribution >= 4 is 5.82 Å². The minimum absolute atomic E-state index is 0.690. The van der Waals surface area contributed by atoms with Gasteiger partial charge in [0.2, 0.25) is 0 Å². The lowest BCUT2D eigenvalue weighted by atomic mass is 10.2. The van der Waals surface area contributed by atoms with Crippen LogP contribution in [0.25, 0.3) is 11.4 Å². The molecule has 0 fully saturated rings. The van der Waals surface area contributed by atoms with Crippen LogP contribution in [-0.4, -0.2) is 24.7 Å². The number of rotatable bonds is 5. The summed E-state index contributed by atoms with van der Waals surface area (Å²) in [4.78, 5) is 13.4. The number of pyridine rings is 1. The maximum Gasteiger partial charge on any atom is 0.163 e. The van der Waals surface area contributed by atoms with Gasteiger partial charge in [-0.2, -0.15) is 5.10 Å². The van der Waals surface area contributed by atoms with E-state index in [9.17, 15) is 0 Å². The Morgan fingerprint density at radius 2 is 2.04 bits per heavy atom. The predicted molar refractivity (Wildman–Crippen MR) is 94.6 cm³/mol. The number of aryl methyl sites for hydroxylation is 3. The molecular weight excluding hydrogens is 300 g/mol. The van der Waals surface area contributed by atoms with Gasteiger partial charge >= 0.3 is 0 Å². The molecule has 24 heavy (non-hydrogen) atoms. The number of hydrogen-bond acceptors (Lipinski definition) is 5. The molecule has 0 unspecified atom stereocenters. The molecule has 0 aliphatic heterocycles. The molecule has 6 nitrogen and oxygen atoms in total. The van der Waals surface area contributed by atoms with Crippen LogP contribution in [0.3, 0.4) is 0 Å². The van der Waals surface area contributed by atoms with E-state index in [1.54, 1.807) is 12.4 Å². The third-order valence-electron chi connectivity index (χ3n) is 4.08. The van der Waals surface area contributed by atoms with E-state index in [4.69, 9.17) is 4.98 Å². The summed E-state index contributed by atoms with van der Waals surface area (Å²) in [5.74, 6) is 1.54. The predicted octanol–water partition coefficient (Wildman–Crippen LogP) is 3.06. The van der Waals surface area contributed by atoms with Gasteiger partial charge in [0.15, 0.2) is 5.82 Å². The molecule has 6 heteroatoms. The third kappa shape index (κ3) is 3.27. The highest BCUT2D eigenvalue weighted by molar-refractivity contribution is 5.58. The molecule has 0 aromatic carbocycles. The third-order valence-corrected chi connectivity index (χ3v) is 4.08. The largest absolute Gasteiger partial charge is 0.366 e. The van der Waals surface area contributed by atoms with E-state index in [2.05, 4.69) is 33.5 Å². The van der Waals surface area contributed by atoms with Crippen molar-refractivity contribution in [2.24, 2.45) is 7.05 Å². The summed E-state index contributed by atoms with van der Waals surface area (Å²) in [6.45, 7) is 6.85. The van der Waals surface area contributed by atoms with Crippen LogP contribution in [0.5, 0.6) is 0 Å². The fourth-order valence-corrected chi connectivity index (χ4v) is 2.63. The van der Waals surface area contributed by atoms with Gasteiger partial charge < -0.3 is 5.32 Å². The van der Waals surface area contributed by atoms with E-state index in [1.807, 2.05) is 37.7 Å². The van der Waals surface area contributed by atoms with E-state index >= 15 is 0 Å². The van der Waals surface area contributed by atoms with Crippen molar-refractivity contribution in [2.45, 2.75) is 33.7 Å². The Labute approximate surface area is 142 Å². The summed E-state index contributed by atoms with van der Waals surface area (Å²) in [6, 6.07) is 3.86. The molecule has 0 amide bonds. The van der Waals surface area contributed by atoms with E-state index in [0.717, 1.165) is 34.8 Å². The fourth-order valence-electron chi connectivity index (χ4n) is 2.63. The Hall–Kier alpha value is -2.76. The second-order valence-corrected chi connectivity index (χ2v) is 5.83. The maximum atomic E-state index is 4.69. The molecule has 3 heterocycles. The van der Waals surface area contributed by atoms with Crippen molar-refractivity contribution in [1.82, 2.24) is 24.7 Å². The van der Waals surface area contributed by atoms with Crippen LogP contribution in [0.4, 0.5) is 5.82 Å². The lowest BCUT2D eigenvalue weighted by Crippen LogP contribution is -2.07. The lowest BCUT2D eigenvalue weighted by Gasteiger charge is -2.12. The standard InChI is InChI=1S/C18H22N6/c1-5-16-15(11-24(4)23-16)10-20-17-12(2)13(3)21-18(22-17)14-7-6-8-19-9-14/h6-9,11H,5,10H2,1-4H3,(H,20,21,22). The number of anilines is 1. The van der Waals surface area contributed by atoms with Gasteiger partial charge in [-0.25, -0.2) is 9.97 Å². The Morgan fingerprint density at radius 1 is 1.21 bits per heavy atom. The zero-order valence-electron chi connectivity index (χ0n) is 14.5. The first kappa shape index (κ1) is 16.1. The molecular formula is C18H22N6. The van der Waals surface area contributed by atoms with Crippen LogP contribution in [-0.2, 0) is 20.0 Å². The molecule has 0 spiro atoms. The molecule has 0 radical (unpaired) electrons. The van der Waals surface area contributed by atoms with E-state index in [0.29, 0.717) is 12.4 Å². The number of nitrogens with one attached hydrogen (secondary N) is 1. The number of hydrogen-bond donors (Lipinski definition) is 1. The molecule has 1 N–H and O–H groups in total. The summed E-state index contributed by atoms with van der Waals surface area (Å²) in [7, 11) is 1.95. The molecule has 0 atom stereocenters. The topological polar surface area (TPSA) is 68.5 Å². The normalized spacial score (nSPS) is 10.8. The van der Waals surface area contributed by atoms with Crippen molar-refractivity contribution in [3.8, 4) is 11.4 Å². The SMILES string of the molecule is CCc1nn(C)cc1CNc1nc(-c2cccnc2)nc(C)c1C. The van der Waals surface area contributed by atoms with Crippen LogP contribution in [0.2, 0.25) is 0 Å². The first-order chi connectivity index (χ1) is 11.6. The molecule has 0 aliphatic carbocycles. The van der Waals surface area contributed by atoms with Crippen LogP contribution in [0.1, 0.15) is 29.4 Å². The van der Waals surface area contributed by atoms with Crippen molar-refractivity contribution < 1.29 is 0 Å². The smallest absolute Gasteiger partial charge is 0.163 e. The van der Waals surface area contributed by atoms with Gasteiger partial charge in [-0.3, -0.25) is 9.67 Å². The summed E-state index contributed by atoms with van der Waals surface area (Å²) in [5.41, 5.74) is 5.25. The second kappa shape index (κ2) is 6.78. The van der Waals surface area contributed by atoms with Crippen LogP contribution in [0, 0.1) is 13.8 Å². The van der Waals surface area contributed by atoms with E-state index < -0.39 is 0 Å². The minimum Gasteiger partial charge on any atom is -0.366 e. The second-order valence-electron chi connectivity index (χ2n) is 5.83. The summed E-state index contributed by atoms with van der Waals surface area (Å²) < 4.78 is 1.86. The van der Waals surface area contributed by atoms with Gasteiger partial charge in [0.05, 0.1) is 5.69 Å². The van der Waals surface area contributed by atoms with E-state index in [-0.39, 0.29) is 0 Å². The first-order valence-electron chi connectivity index (χ1n) is 8.09. The van der Waals surface area contributed by atoms with Gasteiger partial charge in [-0.05, 0) is 32.4 Å². The van der Waals surface area contributed by atoms with Gasteiger partial charge in [-0.15, -0.1) is 0 Å². The Morgan fingerprint density at radius 3 is 2.75 bits per heavy atom. The summed E-state index contributed by atoms with van der Waals surface area (Å²) in [6.07, 6.45) is 6.50. The Balaban J connectivity index is 1.89. The Bertz CT molecular complexity index is 838. The van der Waals surface area contributed by atoms with Crippen LogP contribution in [0.15, 0.2) is 30.7 Å². The van der Waals surface area contributed by atoms with Gasteiger partial charge in [-0.1, -0.05) is 6.92 Å². The average Bonchev–Trinajstić information content (AvgIpc) is 2.96. The quantitative estimate of drug-likeness (QED) is 0.782. The first-order valence-corrected chi connectivity index (χ1v) is 8.09. The van der Waals surface area contributed by atoms with Crippen molar-refractivity contribution in [3.05, 3.63) is 53.2 Å². The molecule has 3 aromatic heterocycles. The van der Waals surface area contributed by atoms with Crippen molar-refractivity contribution in [2.75, 3.05) is 5.32 Å².